The van der Waals surface area contributed by atoms with Crippen molar-refractivity contribution in [1.82, 2.24) is 0 Å². The molecule has 0 fully saturated rings. The first-order valence-corrected chi connectivity index (χ1v) is 7.85. The van der Waals surface area contributed by atoms with Gasteiger partial charge in [0.2, 0.25) is 0 Å². The third-order valence-corrected chi connectivity index (χ3v) is 3.45. The van der Waals surface area contributed by atoms with E-state index in [0.29, 0.717) is 15.7 Å². The minimum Gasteiger partial charge on any atom is -0.436 e. The molecular formula is C15H17BrN2O6. The maximum absolute atomic E-state index is 12.5. The zero-order valence-electron chi connectivity index (χ0n) is 13.4. The van der Waals surface area contributed by atoms with E-state index in [-0.39, 0.29) is 6.42 Å². The number of carbonyl (C=O) groups excluding carboxylic acids is 3. The number of amides is 2. The maximum atomic E-state index is 12.5. The molecule has 0 spiro atoms. The SMILES string of the molecule is CC(C)(C)OC(=O)ON1C(=O)[C@H](OC(N)=O)Cc2ccc(Br)cc21. The van der Waals surface area contributed by atoms with Crippen molar-refractivity contribution in [2.24, 2.45) is 5.73 Å². The van der Waals surface area contributed by atoms with Gasteiger partial charge < -0.3 is 15.2 Å². The Labute approximate surface area is 146 Å². The fraction of sp³-hybridized carbons (Fsp3) is 0.400. The molecule has 1 aromatic carbocycles. The Bertz CT molecular complexity index is 685. The zero-order chi connectivity index (χ0) is 18.1. The molecule has 0 aliphatic carbocycles. The third-order valence-electron chi connectivity index (χ3n) is 2.96. The first-order valence-electron chi connectivity index (χ1n) is 7.06. The molecular weight excluding hydrogens is 384 g/mol. The number of carbonyl (C=O) groups is 3. The summed E-state index contributed by atoms with van der Waals surface area (Å²) >= 11 is 3.29. The number of halogens is 1. The Balaban J connectivity index is 2.32. The lowest BCUT2D eigenvalue weighted by molar-refractivity contribution is -0.134. The van der Waals surface area contributed by atoms with Crippen LogP contribution in [0.1, 0.15) is 26.3 Å². The van der Waals surface area contributed by atoms with Crippen molar-refractivity contribution in [3.05, 3.63) is 28.2 Å². The highest BCUT2D eigenvalue weighted by Crippen LogP contribution is 2.32. The molecule has 0 saturated carbocycles. The fourth-order valence-corrected chi connectivity index (χ4v) is 2.45. The number of fused-ring (bicyclic) bond motifs is 1. The maximum Gasteiger partial charge on any atom is 0.534 e. The Morgan fingerprint density at radius 2 is 2.00 bits per heavy atom. The van der Waals surface area contributed by atoms with Crippen molar-refractivity contribution in [3.63, 3.8) is 0 Å². The number of rotatable bonds is 2. The van der Waals surface area contributed by atoms with E-state index in [1.807, 2.05) is 0 Å². The van der Waals surface area contributed by atoms with E-state index in [1.165, 1.54) is 0 Å². The van der Waals surface area contributed by atoms with E-state index in [0.717, 1.165) is 5.06 Å². The number of primary amides is 1. The second-order valence-corrected chi connectivity index (χ2v) is 7.01. The summed E-state index contributed by atoms with van der Waals surface area (Å²) in [5.41, 5.74) is 5.19. The molecule has 0 radical (unpaired) electrons. The standard InChI is InChI=1S/C15H17BrN2O6/c1-15(2,3)23-14(21)24-18-10-7-9(16)5-4-8(10)6-11(12(18)19)22-13(17)20/h4-5,7,11H,6H2,1-3H3,(H2,17,20)/t11-/m1/s1. The van der Waals surface area contributed by atoms with Crippen molar-refractivity contribution in [2.45, 2.75) is 38.9 Å². The topological polar surface area (TPSA) is 108 Å². The normalized spacial score (nSPS) is 17.1. The average Bonchev–Trinajstić information content (AvgIpc) is 2.41. The van der Waals surface area contributed by atoms with Gasteiger partial charge in [-0.25, -0.2) is 9.59 Å². The van der Waals surface area contributed by atoms with Crippen molar-refractivity contribution in [2.75, 3.05) is 5.06 Å². The van der Waals surface area contributed by atoms with E-state index in [2.05, 4.69) is 15.9 Å². The van der Waals surface area contributed by atoms with Crippen LogP contribution < -0.4 is 10.8 Å². The van der Waals surface area contributed by atoms with E-state index in [4.69, 9.17) is 20.0 Å². The van der Waals surface area contributed by atoms with Gasteiger partial charge in [0.25, 0.3) is 0 Å². The molecule has 2 N–H and O–H groups in total. The van der Waals surface area contributed by atoms with E-state index in [9.17, 15) is 14.4 Å². The van der Waals surface area contributed by atoms with Gasteiger partial charge in [0, 0.05) is 10.9 Å². The first-order chi connectivity index (χ1) is 11.1. The number of hydroxylamine groups is 1. The lowest BCUT2D eigenvalue weighted by atomic mass is 10.0. The summed E-state index contributed by atoms with van der Waals surface area (Å²) in [6.07, 6.45) is -3.20. The molecule has 1 aromatic rings. The smallest absolute Gasteiger partial charge is 0.436 e. The molecule has 0 saturated heterocycles. The quantitative estimate of drug-likeness (QED) is 0.764. The van der Waals surface area contributed by atoms with Crippen molar-refractivity contribution >= 4 is 39.8 Å². The summed E-state index contributed by atoms with van der Waals surface area (Å²) in [7, 11) is 0. The van der Waals surface area contributed by atoms with Crippen LogP contribution in [-0.2, 0) is 25.5 Å². The third kappa shape index (κ3) is 4.38. The second-order valence-electron chi connectivity index (χ2n) is 6.09. The Morgan fingerprint density at radius 3 is 2.58 bits per heavy atom. The average molecular weight is 401 g/mol. The molecule has 9 heteroatoms. The molecule has 1 aliphatic heterocycles. The molecule has 130 valence electrons. The lowest BCUT2D eigenvalue weighted by Gasteiger charge is -2.32. The van der Waals surface area contributed by atoms with Gasteiger partial charge in [-0.2, -0.15) is 0 Å². The summed E-state index contributed by atoms with van der Waals surface area (Å²) in [5, 5.41) is 0.755. The Hall–Kier alpha value is -2.29. The van der Waals surface area contributed by atoms with E-state index in [1.54, 1.807) is 39.0 Å². The van der Waals surface area contributed by atoms with Gasteiger partial charge in [-0.3, -0.25) is 9.63 Å². The molecule has 2 amide bonds. The highest BCUT2D eigenvalue weighted by molar-refractivity contribution is 9.10. The number of hydrogen-bond acceptors (Lipinski definition) is 6. The number of anilines is 1. The van der Waals surface area contributed by atoms with E-state index >= 15 is 0 Å². The van der Waals surface area contributed by atoms with Gasteiger partial charge in [-0.1, -0.05) is 22.0 Å². The van der Waals surface area contributed by atoms with Gasteiger partial charge in [0.05, 0.1) is 5.69 Å². The number of nitrogens with zero attached hydrogens (tertiary/aromatic N) is 1. The van der Waals surface area contributed by atoms with Crippen molar-refractivity contribution < 1.29 is 28.7 Å². The number of nitrogens with two attached hydrogens (primary N) is 1. The highest BCUT2D eigenvalue weighted by atomic mass is 79.9. The molecule has 24 heavy (non-hydrogen) atoms. The lowest BCUT2D eigenvalue weighted by Crippen LogP contribution is -2.48. The van der Waals surface area contributed by atoms with Gasteiger partial charge in [-0.05, 0) is 38.5 Å². The molecule has 1 atom stereocenters. The minimum absolute atomic E-state index is 0.124. The summed E-state index contributed by atoms with van der Waals surface area (Å²) in [6, 6.07) is 5.08. The predicted molar refractivity (Wildman–Crippen MR) is 87.1 cm³/mol. The monoisotopic (exact) mass is 400 g/mol. The summed E-state index contributed by atoms with van der Waals surface area (Å²) < 4.78 is 10.5. The molecule has 8 nitrogen and oxygen atoms in total. The highest BCUT2D eigenvalue weighted by Gasteiger charge is 2.38. The van der Waals surface area contributed by atoms with Crippen LogP contribution in [0.3, 0.4) is 0 Å². The largest absolute Gasteiger partial charge is 0.534 e. The van der Waals surface area contributed by atoms with Crippen LogP contribution in [0.5, 0.6) is 0 Å². The van der Waals surface area contributed by atoms with Crippen LogP contribution >= 0.6 is 15.9 Å². The minimum atomic E-state index is -1.18. The van der Waals surface area contributed by atoms with E-state index < -0.39 is 29.9 Å². The van der Waals surface area contributed by atoms with Crippen LogP contribution in [-0.4, -0.2) is 29.9 Å². The van der Waals surface area contributed by atoms with Crippen molar-refractivity contribution in [1.29, 1.82) is 0 Å². The van der Waals surface area contributed by atoms with Crippen molar-refractivity contribution in [3.8, 4) is 0 Å². The number of benzene rings is 1. The number of ether oxygens (including phenoxy) is 2. The summed E-state index contributed by atoms with van der Waals surface area (Å²) in [4.78, 5) is 40.4. The van der Waals surface area contributed by atoms with Crippen LogP contribution in [0.2, 0.25) is 0 Å². The Kier molecular flexibility index (Phi) is 5.02. The van der Waals surface area contributed by atoms with Gasteiger partial charge in [0.1, 0.15) is 5.60 Å². The predicted octanol–water partition coefficient (Wildman–Crippen LogP) is 2.67. The molecule has 0 bridgehead atoms. The summed E-state index contributed by atoms with van der Waals surface area (Å²) in [6.45, 7) is 4.99. The van der Waals surface area contributed by atoms with Gasteiger partial charge in [-0.15, -0.1) is 5.06 Å². The molecule has 1 aliphatic rings. The molecule has 1 heterocycles. The second kappa shape index (κ2) is 6.68. The van der Waals surface area contributed by atoms with Crippen LogP contribution in [0.4, 0.5) is 15.3 Å². The fourth-order valence-electron chi connectivity index (χ4n) is 2.10. The molecule has 0 aromatic heterocycles. The van der Waals surface area contributed by atoms with Gasteiger partial charge in [0.15, 0.2) is 6.10 Å². The first kappa shape index (κ1) is 18.1. The number of hydrogen-bond donors (Lipinski definition) is 1. The van der Waals surface area contributed by atoms with Crippen LogP contribution in [0.15, 0.2) is 22.7 Å². The van der Waals surface area contributed by atoms with Crippen LogP contribution in [0.25, 0.3) is 0 Å². The molecule has 2 rings (SSSR count). The van der Waals surface area contributed by atoms with Gasteiger partial charge >= 0.3 is 18.2 Å². The zero-order valence-corrected chi connectivity index (χ0v) is 15.0. The Morgan fingerprint density at radius 1 is 1.33 bits per heavy atom. The molecule has 0 unspecified atom stereocenters. The van der Waals surface area contributed by atoms with Crippen LogP contribution in [0, 0.1) is 0 Å². The summed E-state index contributed by atoms with van der Waals surface area (Å²) in [5.74, 6) is -0.731.